The summed E-state index contributed by atoms with van der Waals surface area (Å²) in [4.78, 5) is 4.14. The smallest absolute Gasteiger partial charge is 0.123 e. The number of halogens is 1. The van der Waals surface area contributed by atoms with Crippen LogP contribution in [0.2, 0.25) is 0 Å². The molecule has 0 fully saturated rings. The molecule has 5 heteroatoms. The number of rotatable bonds is 7. The van der Waals surface area contributed by atoms with E-state index in [1.165, 1.54) is 17.7 Å². The lowest BCUT2D eigenvalue weighted by molar-refractivity contribution is 0.155. The van der Waals surface area contributed by atoms with Crippen molar-refractivity contribution in [1.29, 1.82) is 0 Å². The predicted molar refractivity (Wildman–Crippen MR) is 121 cm³/mol. The summed E-state index contributed by atoms with van der Waals surface area (Å²) >= 11 is 0. The first-order valence-electron chi connectivity index (χ1n) is 10.6. The van der Waals surface area contributed by atoms with E-state index in [0.717, 1.165) is 34.5 Å². The largest absolute Gasteiger partial charge is 0.387 e. The molecule has 0 radical (unpaired) electrons. The summed E-state index contributed by atoms with van der Waals surface area (Å²) in [6, 6.07) is 20.4. The topological polar surface area (TPSA) is 50.9 Å². The molecule has 1 atom stereocenters. The van der Waals surface area contributed by atoms with Crippen LogP contribution >= 0.6 is 0 Å². The molecule has 0 saturated carbocycles. The van der Waals surface area contributed by atoms with Crippen LogP contribution in [0.25, 0.3) is 22.4 Å². The van der Waals surface area contributed by atoms with E-state index in [9.17, 15) is 9.50 Å². The van der Waals surface area contributed by atoms with Crippen molar-refractivity contribution in [2.24, 2.45) is 0 Å². The lowest BCUT2D eigenvalue weighted by Crippen LogP contribution is -2.13. The standard InChI is InChI=1S/C26H26FN3O/c1-18(2)30-26(23(31)13-8-19-6-4-3-5-7-19)24(20-14-16-28-17-15-20)25(29-30)21-9-11-22(27)12-10-21/h3-7,9-12,14-18,23,31H,8,13H2,1-2H3. The molecule has 31 heavy (non-hydrogen) atoms. The zero-order chi connectivity index (χ0) is 21.8. The van der Waals surface area contributed by atoms with E-state index >= 15 is 0 Å². The highest BCUT2D eigenvalue weighted by Gasteiger charge is 2.26. The highest BCUT2D eigenvalue weighted by molar-refractivity contribution is 5.83. The van der Waals surface area contributed by atoms with Gasteiger partial charge in [0.25, 0.3) is 0 Å². The monoisotopic (exact) mass is 415 g/mol. The summed E-state index contributed by atoms with van der Waals surface area (Å²) in [6.07, 6.45) is 4.09. The third-order valence-corrected chi connectivity index (χ3v) is 5.39. The van der Waals surface area contributed by atoms with Gasteiger partial charge >= 0.3 is 0 Å². The maximum absolute atomic E-state index is 13.6. The zero-order valence-electron chi connectivity index (χ0n) is 17.7. The average Bonchev–Trinajstić information content (AvgIpc) is 3.20. The Balaban J connectivity index is 1.83. The Kier molecular flexibility index (Phi) is 6.23. The molecule has 0 aliphatic heterocycles. The number of nitrogens with zero attached hydrogens (tertiary/aromatic N) is 3. The molecule has 0 bridgehead atoms. The van der Waals surface area contributed by atoms with Crippen molar-refractivity contribution in [3.8, 4) is 22.4 Å². The molecule has 0 aliphatic carbocycles. The second-order valence-corrected chi connectivity index (χ2v) is 7.93. The maximum Gasteiger partial charge on any atom is 0.123 e. The molecule has 1 N–H and O–H groups in total. The number of aliphatic hydroxyl groups is 1. The van der Waals surface area contributed by atoms with E-state index in [0.29, 0.717) is 6.42 Å². The number of hydrogen-bond donors (Lipinski definition) is 1. The second-order valence-electron chi connectivity index (χ2n) is 7.93. The number of aliphatic hydroxyl groups excluding tert-OH is 1. The Morgan fingerprint density at radius 2 is 1.58 bits per heavy atom. The van der Waals surface area contributed by atoms with Gasteiger partial charge in [-0.3, -0.25) is 9.67 Å². The van der Waals surface area contributed by atoms with Crippen LogP contribution in [-0.4, -0.2) is 19.9 Å². The predicted octanol–water partition coefficient (Wildman–Crippen LogP) is 6.00. The summed E-state index contributed by atoms with van der Waals surface area (Å²) < 4.78 is 15.4. The highest BCUT2D eigenvalue weighted by Crippen LogP contribution is 2.39. The summed E-state index contributed by atoms with van der Waals surface area (Å²) in [5.74, 6) is -0.291. The Labute approximate surface area is 182 Å². The van der Waals surface area contributed by atoms with Gasteiger partial charge in [-0.1, -0.05) is 30.3 Å². The number of pyridine rings is 1. The number of hydrogen-bond acceptors (Lipinski definition) is 3. The van der Waals surface area contributed by atoms with Crippen molar-refractivity contribution in [1.82, 2.24) is 14.8 Å². The SMILES string of the molecule is CC(C)n1nc(-c2ccc(F)cc2)c(-c2ccncc2)c1C(O)CCc1ccccc1. The molecular formula is C26H26FN3O. The van der Waals surface area contributed by atoms with Gasteiger partial charge in [-0.25, -0.2) is 4.39 Å². The second kappa shape index (κ2) is 9.23. The van der Waals surface area contributed by atoms with E-state index < -0.39 is 6.10 Å². The minimum atomic E-state index is -0.701. The Morgan fingerprint density at radius 3 is 2.23 bits per heavy atom. The van der Waals surface area contributed by atoms with E-state index in [1.54, 1.807) is 24.5 Å². The van der Waals surface area contributed by atoms with Gasteiger partial charge in [0.2, 0.25) is 0 Å². The lowest BCUT2D eigenvalue weighted by atomic mass is 9.95. The first kappa shape index (κ1) is 20.9. The molecular weight excluding hydrogens is 389 g/mol. The Morgan fingerprint density at radius 1 is 0.903 bits per heavy atom. The number of aromatic nitrogens is 3. The van der Waals surface area contributed by atoms with Crippen LogP contribution in [0.3, 0.4) is 0 Å². The molecule has 2 aromatic carbocycles. The normalized spacial score (nSPS) is 12.3. The summed E-state index contributed by atoms with van der Waals surface area (Å²) in [6.45, 7) is 4.09. The molecule has 0 aliphatic rings. The molecule has 0 amide bonds. The Bertz CT molecular complexity index is 1120. The molecule has 4 aromatic rings. The van der Waals surface area contributed by atoms with Crippen LogP contribution in [0.5, 0.6) is 0 Å². The zero-order valence-corrected chi connectivity index (χ0v) is 17.7. The molecule has 1 unspecified atom stereocenters. The van der Waals surface area contributed by atoms with Crippen molar-refractivity contribution in [3.63, 3.8) is 0 Å². The first-order valence-corrected chi connectivity index (χ1v) is 10.6. The summed E-state index contributed by atoms with van der Waals surface area (Å²) in [7, 11) is 0. The third kappa shape index (κ3) is 4.57. The van der Waals surface area contributed by atoms with Gasteiger partial charge in [-0.2, -0.15) is 5.10 Å². The lowest BCUT2D eigenvalue weighted by Gasteiger charge is -2.18. The van der Waals surface area contributed by atoms with Gasteiger partial charge < -0.3 is 5.11 Å². The fourth-order valence-corrected chi connectivity index (χ4v) is 3.86. The van der Waals surface area contributed by atoms with Gasteiger partial charge in [0.1, 0.15) is 11.5 Å². The minimum absolute atomic E-state index is 0.0520. The van der Waals surface area contributed by atoms with E-state index in [1.807, 2.05) is 48.9 Å². The maximum atomic E-state index is 13.6. The molecule has 4 nitrogen and oxygen atoms in total. The fraction of sp³-hybridized carbons (Fsp3) is 0.231. The van der Waals surface area contributed by atoms with Crippen LogP contribution in [-0.2, 0) is 6.42 Å². The molecule has 2 heterocycles. The molecule has 0 spiro atoms. The average molecular weight is 416 g/mol. The van der Waals surface area contributed by atoms with Crippen LogP contribution in [0.15, 0.2) is 79.1 Å². The Hall–Kier alpha value is -3.31. The number of benzene rings is 2. The molecule has 158 valence electrons. The summed E-state index contributed by atoms with van der Waals surface area (Å²) in [5.41, 5.74) is 5.29. The number of aryl methyl sites for hydroxylation is 1. The van der Waals surface area contributed by atoms with Crippen LogP contribution in [0.1, 0.15) is 43.7 Å². The fourth-order valence-electron chi connectivity index (χ4n) is 3.86. The molecule has 4 rings (SSSR count). The van der Waals surface area contributed by atoms with Crippen molar-refractivity contribution in [2.75, 3.05) is 0 Å². The van der Waals surface area contributed by atoms with Gasteiger partial charge in [-0.05, 0) is 74.2 Å². The van der Waals surface area contributed by atoms with Crippen LogP contribution in [0.4, 0.5) is 4.39 Å². The van der Waals surface area contributed by atoms with Crippen molar-refractivity contribution >= 4 is 0 Å². The van der Waals surface area contributed by atoms with E-state index in [4.69, 9.17) is 5.10 Å². The van der Waals surface area contributed by atoms with Gasteiger partial charge in [0.15, 0.2) is 0 Å². The molecule has 2 aromatic heterocycles. The summed E-state index contributed by atoms with van der Waals surface area (Å²) in [5, 5.41) is 16.2. The van der Waals surface area contributed by atoms with Crippen molar-refractivity contribution in [3.05, 3.63) is 96.2 Å². The molecule has 0 saturated heterocycles. The quantitative estimate of drug-likeness (QED) is 0.403. The van der Waals surface area contributed by atoms with Gasteiger partial charge in [0.05, 0.1) is 11.8 Å². The van der Waals surface area contributed by atoms with E-state index in [2.05, 4.69) is 17.1 Å². The van der Waals surface area contributed by atoms with Crippen LogP contribution < -0.4 is 0 Å². The van der Waals surface area contributed by atoms with Gasteiger partial charge in [-0.15, -0.1) is 0 Å². The van der Waals surface area contributed by atoms with E-state index in [-0.39, 0.29) is 11.9 Å². The van der Waals surface area contributed by atoms with Crippen molar-refractivity contribution in [2.45, 2.75) is 38.8 Å². The third-order valence-electron chi connectivity index (χ3n) is 5.39. The first-order chi connectivity index (χ1) is 15.0. The highest BCUT2D eigenvalue weighted by atomic mass is 19.1. The van der Waals surface area contributed by atoms with Crippen molar-refractivity contribution < 1.29 is 9.50 Å². The van der Waals surface area contributed by atoms with Gasteiger partial charge in [0, 0.05) is 29.6 Å². The van der Waals surface area contributed by atoms with Crippen LogP contribution in [0, 0.1) is 5.82 Å². The minimum Gasteiger partial charge on any atom is -0.387 e.